The molecule has 12 heavy (non-hydrogen) atoms. The lowest BCUT2D eigenvalue weighted by atomic mass is 10.4. The van der Waals surface area contributed by atoms with Gasteiger partial charge in [-0.05, 0) is 24.3 Å². The van der Waals surface area contributed by atoms with Crippen molar-refractivity contribution in [2.45, 2.75) is 13.8 Å². The Bertz CT molecular complexity index is 357. The maximum atomic E-state index is 4.29. The first kappa shape index (κ1) is 7.35. The fraction of sp³-hybridized carbons (Fsp3) is 0.333. The molecule has 0 spiro atoms. The Balaban J connectivity index is 2.48. The summed E-state index contributed by atoms with van der Waals surface area (Å²) in [5, 5.41) is 11.6. The molecule has 0 N–H and O–H groups in total. The zero-order chi connectivity index (χ0) is 8.55. The summed E-state index contributed by atoms with van der Waals surface area (Å²) >= 11 is 1.58. The molecule has 0 aromatic carbocycles. The number of hydrogen-bond donors (Lipinski definition) is 0. The second kappa shape index (κ2) is 2.63. The molecule has 2 rings (SSSR count). The van der Waals surface area contributed by atoms with E-state index in [9.17, 15) is 0 Å². The monoisotopic (exact) mass is 181 g/mol. The van der Waals surface area contributed by atoms with Crippen molar-refractivity contribution in [1.29, 1.82) is 0 Å². The number of hydrogen-bond acceptors (Lipinski definition) is 5. The van der Waals surface area contributed by atoms with Crippen LogP contribution in [0.2, 0.25) is 0 Å². The molecule has 0 aliphatic carbocycles. The molecular formula is C6H7N5S. The highest BCUT2D eigenvalue weighted by Gasteiger charge is 2.05. The highest BCUT2D eigenvalue weighted by molar-refractivity contribution is 7.14. The predicted molar refractivity (Wildman–Crippen MR) is 44.3 cm³/mol. The van der Waals surface area contributed by atoms with Crippen LogP contribution in [0.15, 0.2) is 6.33 Å². The third-order valence-electron chi connectivity index (χ3n) is 1.56. The number of tetrazole rings is 1. The van der Waals surface area contributed by atoms with Crippen molar-refractivity contribution in [3.05, 3.63) is 16.9 Å². The largest absolute Gasteiger partial charge is 0.223 e. The summed E-state index contributed by atoms with van der Waals surface area (Å²) in [6.45, 7) is 4.00. The van der Waals surface area contributed by atoms with Crippen LogP contribution in [0.25, 0.3) is 5.13 Å². The van der Waals surface area contributed by atoms with Gasteiger partial charge in [0.05, 0.1) is 5.69 Å². The summed E-state index contributed by atoms with van der Waals surface area (Å²) in [5.74, 6) is 0. The van der Waals surface area contributed by atoms with E-state index >= 15 is 0 Å². The second-order valence-corrected chi connectivity index (χ2v) is 3.57. The van der Waals surface area contributed by atoms with Crippen LogP contribution in [0.1, 0.15) is 10.6 Å². The van der Waals surface area contributed by atoms with Crippen LogP contribution in [-0.2, 0) is 0 Å². The van der Waals surface area contributed by atoms with Gasteiger partial charge in [-0.25, -0.2) is 4.98 Å². The van der Waals surface area contributed by atoms with Crippen LogP contribution in [0.3, 0.4) is 0 Å². The van der Waals surface area contributed by atoms with Gasteiger partial charge in [0.15, 0.2) is 0 Å². The molecule has 5 nitrogen and oxygen atoms in total. The first-order chi connectivity index (χ1) is 5.77. The van der Waals surface area contributed by atoms with E-state index < -0.39 is 0 Å². The molecule has 0 unspecified atom stereocenters. The van der Waals surface area contributed by atoms with Gasteiger partial charge in [0, 0.05) is 4.88 Å². The molecule has 0 amide bonds. The number of aromatic nitrogens is 5. The zero-order valence-corrected chi connectivity index (χ0v) is 7.54. The van der Waals surface area contributed by atoms with Crippen LogP contribution in [0.4, 0.5) is 0 Å². The number of rotatable bonds is 1. The maximum Gasteiger partial charge on any atom is 0.213 e. The lowest BCUT2D eigenvalue weighted by Crippen LogP contribution is -1.93. The molecule has 0 fully saturated rings. The van der Waals surface area contributed by atoms with Crippen molar-refractivity contribution in [3.63, 3.8) is 0 Å². The fourth-order valence-corrected chi connectivity index (χ4v) is 1.63. The number of thiazole rings is 1. The molecular weight excluding hydrogens is 174 g/mol. The van der Waals surface area contributed by atoms with Crippen molar-refractivity contribution in [1.82, 2.24) is 25.2 Å². The third kappa shape index (κ3) is 1.10. The molecule has 6 heteroatoms. The van der Waals surface area contributed by atoms with Crippen LogP contribution in [0, 0.1) is 13.8 Å². The van der Waals surface area contributed by atoms with Gasteiger partial charge < -0.3 is 0 Å². The van der Waals surface area contributed by atoms with E-state index in [1.165, 1.54) is 11.2 Å². The molecule has 0 bridgehead atoms. The molecule has 2 aromatic rings. The minimum atomic E-state index is 0.815. The SMILES string of the molecule is Cc1nc(-n2cnnn2)sc1C. The average Bonchev–Trinajstić information content (AvgIpc) is 2.61. The summed E-state index contributed by atoms with van der Waals surface area (Å²) < 4.78 is 1.56. The van der Waals surface area contributed by atoms with Crippen LogP contribution >= 0.6 is 11.3 Å². The highest BCUT2D eigenvalue weighted by Crippen LogP contribution is 2.18. The Morgan fingerprint density at radius 1 is 1.42 bits per heavy atom. The topological polar surface area (TPSA) is 56.5 Å². The van der Waals surface area contributed by atoms with Gasteiger partial charge in [-0.2, -0.15) is 4.68 Å². The first-order valence-corrected chi connectivity index (χ1v) is 4.26. The Morgan fingerprint density at radius 2 is 2.25 bits per heavy atom. The Labute approximate surface area is 73.1 Å². The van der Waals surface area contributed by atoms with E-state index in [4.69, 9.17) is 0 Å². The normalized spacial score (nSPS) is 10.5. The summed E-state index contributed by atoms with van der Waals surface area (Å²) in [7, 11) is 0. The Kier molecular flexibility index (Phi) is 1.61. The van der Waals surface area contributed by atoms with Gasteiger partial charge in [0.1, 0.15) is 6.33 Å². The van der Waals surface area contributed by atoms with E-state index in [0.29, 0.717) is 0 Å². The van der Waals surface area contributed by atoms with Crippen molar-refractivity contribution >= 4 is 11.3 Å². The summed E-state index contributed by atoms with van der Waals surface area (Å²) in [6.07, 6.45) is 1.54. The molecule has 0 saturated heterocycles. The molecule has 0 aliphatic rings. The van der Waals surface area contributed by atoms with Gasteiger partial charge >= 0.3 is 0 Å². The molecule has 0 aliphatic heterocycles. The van der Waals surface area contributed by atoms with E-state index in [-0.39, 0.29) is 0 Å². The van der Waals surface area contributed by atoms with Gasteiger partial charge in [0.25, 0.3) is 0 Å². The second-order valence-electron chi connectivity index (χ2n) is 2.39. The van der Waals surface area contributed by atoms with E-state index in [2.05, 4.69) is 20.5 Å². The fourth-order valence-electron chi connectivity index (χ4n) is 0.803. The summed E-state index contributed by atoms with van der Waals surface area (Å²) in [5.41, 5.74) is 1.03. The van der Waals surface area contributed by atoms with Crippen molar-refractivity contribution in [2.75, 3.05) is 0 Å². The number of aryl methyl sites for hydroxylation is 2. The summed E-state index contributed by atoms with van der Waals surface area (Å²) in [6, 6.07) is 0. The van der Waals surface area contributed by atoms with Crippen molar-refractivity contribution < 1.29 is 0 Å². The van der Waals surface area contributed by atoms with Gasteiger partial charge in [-0.3, -0.25) is 0 Å². The third-order valence-corrected chi connectivity index (χ3v) is 2.62. The van der Waals surface area contributed by atoms with Crippen LogP contribution in [-0.4, -0.2) is 25.2 Å². The quantitative estimate of drug-likeness (QED) is 0.651. The molecule has 0 saturated carbocycles. The average molecular weight is 181 g/mol. The molecule has 0 radical (unpaired) electrons. The van der Waals surface area contributed by atoms with Crippen molar-refractivity contribution in [3.8, 4) is 5.13 Å². The minimum Gasteiger partial charge on any atom is -0.223 e. The van der Waals surface area contributed by atoms with E-state index in [1.54, 1.807) is 16.0 Å². The lowest BCUT2D eigenvalue weighted by Gasteiger charge is -1.87. The number of nitrogens with zero attached hydrogens (tertiary/aromatic N) is 5. The minimum absolute atomic E-state index is 0.815. The van der Waals surface area contributed by atoms with Gasteiger partial charge in [-0.15, -0.1) is 5.10 Å². The Morgan fingerprint density at radius 3 is 2.75 bits per heavy atom. The van der Waals surface area contributed by atoms with Crippen LogP contribution in [0.5, 0.6) is 0 Å². The maximum absolute atomic E-state index is 4.29. The van der Waals surface area contributed by atoms with Crippen LogP contribution < -0.4 is 0 Å². The zero-order valence-electron chi connectivity index (χ0n) is 6.72. The standard InChI is InChI=1S/C6H7N5S/c1-4-5(2)12-6(8-4)11-3-7-9-10-11/h3H,1-2H3. The van der Waals surface area contributed by atoms with E-state index in [1.807, 2.05) is 13.8 Å². The molecule has 62 valence electrons. The molecule has 0 atom stereocenters. The lowest BCUT2D eigenvalue weighted by molar-refractivity contribution is 0.782. The highest BCUT2D eigenvalue weighted by atomic mass is 32.1. The molecule has 2 heterocycles. The summed E-state index contributed by atoms with van der Waals surface area (Å²) in [4.78, 5) is 5.49. The van der Waals surface area contributed by atoms with E-state index in [0.717, 1.165) is 10.8 Å². The van der Waals surface area contributed by atoms with Crippen molar-refractivity contribution in [2.24, 2.45) is 0 Å². The smallest absolute Gasteiger partial charge is 0.213 e. The predicted octanol–water partition coefficient (Wildman–Crippen LogP) is 0.736. The Hall–Kier alpha value is -1.30. The van der Waals surface area contributed by atoms with Gasteiger partial charge in [-0.1, -0.05) is 11.3 Å². The first-order valence-electron chi connectivity index (χ1n) is 3.45. The van der Waals surface area contributed by atoms with Gasteiger partial charge in [0.2, 0.25) is 5.13 Å². The molecule has 2 aromatic heterocycles.